The summed E-state index contributed by atoms with van der Waals surface area (Å²) in [5.41, 5.74) is 2.33. The van der Waals surface area contributed by atoms with Gasteiger partial charge in [0.1, 0.15) is 23.2 Å². The Hall–Kier alpha value is -3.91. The molecule has 0 spiro atoms. The Morgan fingerprint density at radius 2 is 1.72 bits per heavy atom. The molecule has 0 saturated heterocycles. The first-order chi connectivity index (χ1) is 14.0. The zero-order chi connectivity index (χ0) is 20.8. The molecule has 0 radical (unpaired) electrons. The van der Waals surface area contributed by atoms with Crippen molar-refractivity contribution in [3.63, 3.8) is 0 Å². The second-order valence-electron chi connectivity index (χ2n) is 6.61. The fourth-order valence-electron chi connectivity index (χ4n) is 2.85. The van der Waals surface area contributed by atoms with Gasteiger partial charge in [-0.1, -0.05) is 54.6 Å². The maximum Gasteiger partial charge on any atom is 0.262 e. The highest BCUT2D eigenvalue weighted by atomic mass is 16.3. The Balaban J connectivity index is 1.75. The number of hydrogen-bond donors (Lipinski definition) is 1. The molecule has 5 nitrogen and oxygen atoms in total. The molecule has 1 atom stereocenters. The molecule has 3 rings (SSSR count). The van der Waals surface area contributed by atoms with Crippen molar-refractivity contribution in [1.82, 2.24) is 5.32 Å². The van der Waals surface area contributed by atoms with E-state index in [4.69, 9.17) is 4.42 Å². The van der Waals surface area contributed by atoms with Crippen molar-refractivity contribution in [1.29, 1.82) is 5.26 Å². The van der Waals surface area contributed by atoms with Gasteiger partial charge in [0.25, 0.3) is 5.91 Å². The molecule has 1 heterocycles. The Morgan fingerprint density at radius 1 is 1.03 bits per heavy atom. The summed E-state index contributed by atoms with van der Waals surface area (Å²) in [4.78, 5) is 23.8. The van der Waals surface area contributed by atoms with Crippen molar-refractivity contribution in [2.24, 2.45) is 0 Å². The molecule has 29 heavy (non-hydrogen) atoms. The summed E-state index contributed by atoms with van der Waals surface area (Å²) < 4.78 is 5.75. The lowest BCUT2D eigenvalue weighted by molar-refractivity contribution is -0.117. The lowest BCUT2D eigenvalue weighted by atomic mass is 10.1. The summed E-state index contributed by atoms with van der Waals surface area (Å²) in [6.45, 7) is 3.37. The topological polar surface area (TPSA) is 83.1 Å². The molecule has 144 valence electrons. The number of rotatable bonds is 6. The van der Waals surface area contributed by atoms with E-state index < -0.39 is 5.91 Å². The van der Waals surface area contributed by atoms with E-state index in [1.807, 2.05) is 43.3 Å². The van der Waals surface area contributed by atoms with Gasteiger partial charge in [-0.2, -0.15) is 5.26 Å². The zero-order valence-electron chi connectivity index (χ0n) is 16.2. The second-order valence-corrected chi connectivity index (χ2v) is 6.61. The van der Waals surface area contributed by atoms with Crippen LogP contribution in [-0.4, -0.2) is 11.7 Å². The van der Waals surface area contributed by atoms with Gasteiger partial charge < -0.3 is 9.73 Å². The number of ketones is 1. The van der Waals surface area contributed by atoms with Gasteiger partial charge in [0.15, 0.2) is 5.78 Å². The van der Waals surface area contributed by atoms with Crippen LogP contribution in [0.3, 0.4) is 0 Å². The van der Waals surface area contributed by atoms with Crippen LogP contribution in [0, 0.1) is 11.3 Å². The monoisotopic (exact) mass is 384 g/mol. The highest BCUT2D eigenvalue weighted by molar-refractivity contribution is 6.01. The maximum atomic E-state index is 12.5. The second kappa shape index (κ2) is 8.85. The number of furan rings is 1. The average molecular weight is 384 g/mol. The van der Waals surface area contributed by atoms with Crippen molar-refractivity contribution in [2.45, 2.75) is 19.9 Å². The molecule has 2 aromatic carbocycles. The number of nitrogens with one attached hydrogen (secondary N) is 1. The number of amides is 1. The van der Waals surface area contributed by atoms with Crippen LogP contribution in [-0.2, 0) is 4.79 Å². The van der Waals surface area contributed by atoms with E-state index in [2.05, 4.69) is 5.32 Å². The minimum atomic E-state index is -0.465. The number of carbonyl (C=O) groups is 2. The van der Waals surface area contributed by atoms with Gasteiger partial charge in [0.05, 0.1) is 6.04 Å². The maximum absolute atomic E-state index is 12.5. The van der Waals surface area contributed by atoms with Crippen LogP contribution in [0.2, 0.25) is 0 Å². The third kappa shape index (κ3) is 4.88. The molecule has 0 saturated carbocycles. The first-order valence-electron chi connectivity index (χ1n) is 9.16. The molecule has 0 fully saturated rings. The van der Waals surface area contributed by atoms with Gasteiger partial charge in [-0.25, -0.2) is 0 Å². The molecular formula is C24H20N2O3. The van der Waals surface area contributed by atoms with Crippen LogP contribution in [0.15, 0.2) is 76.7 Å². The molecule has 0 aliphatic carbocycles. The van der Waals surface area contributed by atoms with Crippen molar-refractivity contribution >= 4 is 17.8 Å². The first kappa shape index (κ1) is 19.8. The standard InChI is InChI=1S/C24H20N2O3/c1-16(18-6-4-3-5-7-18)26-24(28)21(15-25)14-22-12-13-23(29-22)20-10-8-19(9-11-20)17(2)27/h3-14,16H,1-2H3,(H,26,28)/b21-14-/t16-/m0/s1. The number of benzene rings is 2. The lowest BCUT2D eigenvalue weighted by Crippen LogP contribution is -2.27. The van der Waals surface area contributed by atoms with Gasteiger partial charge in [-0.3, -0.25) is 9.59 Å². The van der Waals surface area contributed by atoms with Gasteiger partial charge >= 0.3 is 0 Å². The number of nitriles is 1. The summed E-state index contributed by atoms with van der Waals surface area (Å²) in [6.07, 6.45) is 1.42. The SMILES string of the molecule is CC(=O)c1ccc(-c2ccc(/C=C(/C#N)C(=O)N[C@@H](C)c3ccccc3)o2)cc1. The van der Waals surface area contributed by atoms with E-state index in [-0.39, 0.29) is 17.4 Å². The molecule has 1 amide bonds. The molecule has 1 aromatic heterocycles. The minimum absolute atomic E-state index is 0.00553. The molecule has 3 aromatic rings. The van der Waals surface area contributed by atoms with Gasteiger partial charge in [0, 0.05) is 17.2 Å². The number of Topliss-reactive ketones (excluding diaryl/α,β-unsaturated/α-hetero) is 1. The van der Waals surface area contributed by atoms with Crippen LogP contribution in [0.25, 0.3) is 17.4 Å². The van der Waals surface area contributed by atoms with Crippen molar-refractivity contribution in [2.75, 3.05) is 0 Å². The summed E-state index contributed by atoms with van der Waals surface area (Å²) >= 11 is 0. The van der Waals surface area contributed by atoms with E-state index in [0.717, 1.165) is 11.1 Å². The number of hydrogen-bond acceptors (Lipinski definition) is 4. The third-order valence-electron chi connectivity index (χ3n) is 4.50. The molecule has 0 bridgehead atoms. The van der Waals surface area contributed by atoms with Crippen molar-refractivity contribution in [3.05, 3.63) is 89.2 Å². The number of nitrogens with zero attached hydrogens (tertiary/aromatic N) is 1. The van der Waals surface area contributed by atoms with Gasteiger partial charge in [-0.15, -0.1) is 0 Å². The Labute approximate surface area is 169 Å². The molecule has 1 N–H and O–H groups in total. The smallest absolute Gasteiger partial charge is 0.262 e. The van der Waals surface area contributed by atoms with Gasteiger partial charge in [0.2, 0.25) is 0 Å². The molecule has 0 unspecified atom stereocenters. The van der Waals surface area contributed by atoms with E-state index >= 15 is 0 Å². The zero-order valence-corrected chi connectivity index (χ0v) is 16.2. The third-order valence-corrected chi connectivity index (χ3v) is 4.50. The first-order valence-corrected chi connectivity index (χ1v) is 9.16. The van der Waals surface area contributed by atoms with E-state index in [9.17, 15) is 14.9 Å². The highest BCUT2D eigenvalue weighted by Gasteiger charge is 2.15. The fraction of sp³-hybridized carbons (Fsp3) is 0.125. The summed E-state index contributed by atoms with van der Waals surface area (Å²) in [5, 5.41) is 12.2. The summed E-state index contributed by atoms with van der Waals surface area (Å²) in [5.74, 6) is 0.512. The average Bonchev–Trinajstić information content (AvgIpc) is 3.21. The minimum Gasteiger partial charge on any atom is -0.457 e. The van der Waals surface area contributed by atoms with Crippen LogP contribution in [0.1, 0.15) is 41.6 Å². The van der Waals surface area contributed by atoms with Gasteiger partial charge in [-0.05, 0) is 31.5 Å². The van der Waals surface area contributed by atoms with Crippen LogP contribution in [0.4, 0.5) is 0 Å². The highest BCUT2D eigenvalue weighted by Crippen LogP contribution is 2.24. The Bertz CT molecular complexity index is 1090. The van der Waals surface area contributed by atoms with Crippen molar-refractivity contribution in [3.8, 4) is 17.4 Å². The van der Waals surface area contributed by atoms with Crippen LogP contribution < -0.4 is 5.32 Å². The summed E-state index contributed by atoms with van der Waals surface area (Å²) in [6, 6.07) is 21.7. The van der Waals surface area contributed by atoms with Crippen LogP contribution in [0.5, 0.6) is 0 Å². The lowest BCUT2D eigenvalue weighted by Gasteiger charge is -2.13. The Kier molecular flexibility index (Phi) is 6.06. The fourth-order valence-corrected chi connectivity index (χ4v) is 2.85. The van der Waals surface area contributed by atoms with E-state index in [1.54, 1.807) is 36.4 Å². The summed E-state index contributed by atoms with van der Waals surface area (Å²) in [7, 11) is 0. The molecule has 0 aliphatic heterocycles. The predicted molar refractivity (Wildman–Crippen MR) is 111 cm³/mol. The molecule has 5 heteroatoms. The van der Waals surface area contributed by atoms with E-state index in [1.165, 1.54) is 13.0 Å². The quantitative estimate of drug-likeness (QED) is 0.371. The molecule has 0 aliphatic rings. The predicted octanol–water partition coefficient (Wildman–Crippen LogP) is 4.93. The van der Waals surface area contributed by atoms with E-state index in [0.29, 0.717) is 17.1 Å². The molecular weight excluding hydrogens is 364 g/mol. The normalized spacial score (nSPS) is 12.1. The Morgan fingerprint density at radius 3 is 2.34 bits per heavy atom. The largest absolute Gasteiger partial charge is 0.457 e. The number of carbonyl (C=O) groups excluding carboxylic acids is 2. The van der Waals surface area contributed by atoms with Crippen LogP contribution >= 0.6 is 0 Å². The van der Waals surface area contributed by atoms with Crippen molar-refractivity contribution < 1.29 is 14.0 Å².